The first-order valence-electron chi connectivity index (χ1n) is 8.83. The Kier molecular flexibility index (Phi) is 5.99. The van der Waals surface area contributed by atoms with Crippen LogP contribution in [0.4, 0.5) is 5.69 Å². The molecule has 0 unspecified atom stereocenters. The first-order valence-corrected chi connectivity index (χ1v) is 8.83. The summed E-state index contributed by atoms with van der Waals surface area (Å²) in [6, 6.07) is 19.8. The van der Waals surface area contributed by atoms with Crippen LogP contribution in [0.25, 0.3) is 0 Å². The number of nitro benzene ring substituents is 1. The Balaban J connectivity index is 1.77. The number of ketones is 1. The first-order chi connectivity index (χ1) is 13.9. The largest absolute Gasteiger partial charge is 0.450 e. The van der Waals surface area contributed by atoms with E-state index in [1.165, 1.54) is 31.2 Å². The number of nitrogens with zero attached hydrogens (tertiary/aromatic N) is 1. The third-order valence-corrected chi connectivity index (χ3v) is 4.18. The summed E-state index contributed by atoms with van der Waals surface area (Å²) >= 11 is 0. The van der Waals surface area contributed by atoms with E-state index in [4.69, 9.17) is 4.74 Å². The maximum atomic E-state index is 12.4. The zero-order valence-corrected chi connectivity index (χ0v) is 15.6. The Bertz CT molecular complexity index is 1060. The predicted molar refractivity (Wildman–Crippen MR) is 107 cm³/mol. The van der Waals surface area contributed by atoms with E-state index in [-0.39, 0.29) is 34.4 Å². The second-order valence-electron chi connectivity index (χ2n) is 6.29. The lowest BCUT2D eigenvalue weighted by Gasteiger charge is -2.09. The average molecular weight is 390 g/mol. The molecule has 0 saturated carbocycles. The van der Waals surface area contributed by atoms with E-state index < -0.39 is 4.92 Å². The number of Topliss-reactive ketones (excluding diaryl/α,β-unsaturated/α-hetero) is 1. The number of benzene rings is 3. The van der Waals surface area contributed by atoms with Crippen molar-refractivity contribution in [3.8, 4) is 11.5 Å². The number of nitrogens with one attached hydrogen (secondary N) is 1. The van der Waals surface area contributed by atoms with Crippen molar-refractivity contribution in [3.05, 3.63) is 99.6 Å². The lowest BCUT2D eigenvalue weighted by Crippen LogP contribution is -2.22. The monoisotopic (exact) mass is 390 g/mol. The van der Waals surface area contributed by atoms with Crippen molar-refractivity contribution in [1.29, 1.82) is 0 Å². The zero-order chi connectivity index (χ0) is 20.8. The van der Waals surface area contributed by atoms with Gasteiger partial charge in [0, 0.05) is 23.7 Å². The Labute approximate surface area is 167 Å². The van der Waals surface area contributed by atoms with Crippen LogP contribution in [0.5, 0.6) is 11.5 Å². The lowest BCUT2D eigenvalue weighted by atomic mass is 10.1. The van der Waals surface area contributed by atoms with Crippen LogP contribution in [0.1, 0.15) is 33.2 Å². The van der Waals surface area contributed by atoms with Crippen LogP contribution in [0, 0.1) is 10.1 Å². The van der Waals surface area contributed by atoms with Crippen molar-refractivity contribution in [1.82, 2.24) is 5.32 Å². The Morgan fingerprint density at radius 1 is 0.966 bits per heavy atom. The third-order valence-electron chi connectivity index (χ3n) is 4.18. The van der Waals surface area contributed by atoms with Crippen LogP contribution >= 0.6 is 0 Å². The minimum absolute atomic E-state index is 0.0122. The van der Waals surface area contributed by atoms with Gasteiger partial charge in [0.05, 0.1) is 4.92 Å². The van der Waals surface area contributed by atoms with Gasteiger partial charge in [-0.1, -0.05) is 36.4 Å². The molecule has 7 heteroatoms. The molecule has 3 aromatic rings. The standard InChI is InChI=1S/C22H18N2O5/c1-15(25)17-10-11-21(20(13-17)24(27)28)29-19-9-5-8-18(12-19)22(26)23-14-16-6-3-2-4-7-16/h2-13H,14H2,1H3,(H,23,26). The molecule has 0 aliphatic rings. The number of amides is 1. The van der Waals surface area contributed by atoms with Gasteiger partial charge in [-0.15, -0.1) is 0 Å². The molecular weight excluding hydrogens is 372 g/mol. The molecule has 1 N–H and O–H groups in total. The molecule has 0 aliphatic carbocycles. The highest BCUT2D eigenvalue weighted by atomic mass is 16.6. The highest BCUT2D eigenvalue weighted by Gasteiger charge is 2.18. The molecule has 3 aromatic carbocycles. The molecule has 1 amide bonds. The lowest BCUT2D eigenvalue weighted by molar-refractivity contribution is -0.385. The van der Waals surface area contributed by atoms with Crippen LogP contribution in [-0.2, 0) is 6.54 Å². The number of nitro groups is 1. The van der Waals surface area contributed by atoms with E-state index in [0.717, 1.165) is 5.56 Å². The number of rotatable bonds is 7. The molecule has 0 aromatic heterocycles. The van der Waals surface area contributed by atoms with Gasteiger partial charge < -0.3 is 10.1 Å². The van der Waals surface area contributed by atoms with E-state index in [0.29, 0.717) is 12.1 Å². The smallest absolute Gasteiger partial charge is 0.312 e. The summed E-state index contributed by atoms with van der Waals surface area (Å²) < 4.78 is 5.63. The maximum absolute atomic E-state index is 12.4. The fraction of sp³-hybridized carbons (Fsp3) is 0.0909. The van der Waals surface area contributed by atoms with Gasteiger partial charge in [-0.25, -0.2) is 0 Å². The molecule has 0 saturated heterocycles. The fourth-order valence-electron chi connectivity index (χ4n) is 2.67. The van der Waals surface area contributed by atoms with Crippen LogP contribution in [0.3, 0.4) is 0 Å². The van der Waals surface area contributed by atoms with Crippen molar-refractivity contribution in [2.45, 2.75) is 13.5 Å². The van der Waals surface area contributed by atoms with E-state index in [1.807, 2.05) is 30.3 Å². The molecule has 3 rings (SSSR count). The summed E-state index contributed by atoms with van der Waals surface area (Å²) in [5, 5.41) is 14.1. The van der Waals surface area contributed by atoms with Crippen LogP contribution in [0.15, 0.2) is 72.8 Å². The van der Waals surface area contributed by atoms with Crippen molar-refractivity contribution >= 4 is 17.4 Å². The summed E-state index contributed by atoms with van der Waals surface area (Å²) in [4.78, 5) is 34.6. The van der Waals surface area contributed by atoms with E-state index >= 15 is 0 Å². The molecule has 7 nitrogen and oxygen atoms in total. The highest BCUT2D eigenvalue weighted by Crippen LogP contribution is 2.32. The van der Waals surface area contributed by atoms with Gasteiger partial charge in [0.2, 0.25) is 5.75 Å². The number of hydrogen-bond acceptors (Lipinski definition) is 5. The molecule has 0 spiro atoms. The van der Waals surface area contributed by atoms with Crippen LogP contribution in [0.2, 0.25) is 0 Å². The topological polar surface area (TPSA) is 98.5 Å². The van der Waals surface area contributed by atoms with Crippen molar-refractivity contribution in [2.75, 3.05) is 0 Å². The van der Waals surface area contributed by atoms with Gasteiger partial charge >= 0.3 is 5.69 Å². The summed E-state index contributed by atoms with van der Waals surface area (Å²) in [7, 11) is 0. The molecule has 0 heterocycles. The minimum Gasteiger partial charge on any atom is -0.450 e. The molecule has 146 valence electrons. The fourth-order valence-corrected chi connectivity index (χ4v) is 2.67. The minimum atomic E-state index is -0.613. The summed E-state index contributed by atoms with van der Waals surface area (Å²) in [6.45, 7) is 1.71. The van der Waals surface area contributed by atoms with Crippen molar-refractivity contribution < 1.29 is 19.2 Å². The van der Waals surface area contributed by atoms with E-state index in [9.17, 15) is 19.7 Å². The summed E-state index contributed by atoms with van der Waals surface area (Å²) in [5.41, 5.74) is 1.23. The quantitative estimate of drug-likeness (QED) is 0.363. The van der Waals surface area contributed by atoms with E-state index in [1.54, 1.807) is 18.2 Å². The molecule has 29 heavy (non-hydrogen) atoms. The van der Waals surface area contributed by atoms with Gasteiger partial charge in [-0.3, -0.25) is 19.7 Å². The second-order valence-corrected chi connectivity index (χ2v) is 6.29. The molecule has 0 radical (unpaired) electrons. The van der Waals surface area contributed by atoms with Crippen LogP contribution in [-0.4, -0.2) is 16.6 Å². The maximum Gasteiger partial charge on any atom is 0.312 e. The van der Waals surface area contributed by atoms with Gasteiger partial charge in [0.1, 0.15) is 5.75 Å². The van der Waals surface area contributed by atoms with Gasteiger partial charge in [0.15, 0.2) is 5.78 Å². The van der Waals surface area contributed by atoms with Crippen molar-refractivity contribution in [3.63, 3.8) is 0 Å². The van der Waals surface area contributed by atoms with E-state index in [2.05, 4.69) is 5.32 Å². The Morgan fingerprint density at radius 3 is 2.41 bits per heavy atom. The highest BCUT2D eigenvalue weighted by molar-refractivity contribution is 5.95. The van der Waals surface area contributed by atoms with Crippen molar-refractivity contribution in [2.24, 2.45) is 0 Å². The molecule has 0 aliphatic heterocycles. The van der Waals surface area contributed by atoms with Gasteiger partial charge in [-0.05, 0) is 42.8 Å². The zero-order valence-electron chi connectivity index (χ0n) is 15.6. The Hall–Kier alpha value is -4.00. The molecule has 0 bridgehead atoms. The van der Waals surface area contributed by atoms with Gasteiger partial charge in [0.25, 0.3) is 5.91 Å². The molecular formula is C22H18N2O5. The predicted octanol–water partition coefficient (Wildman–Crippen LogP) is 4.52. The SMILES string of the molecule is CC(=O)c1ccc(Oc2cccc(C(=O)NCc3ccccc3)c2)c([N+](=O)[O-])c1. The Morgan fingerprint density at radius 2 is 1.72 bits per heavy atom. The number of hydrogen-bond donors (Lipinski definition) is 1. The molecule has 0 atom stereocenters. The van der Waals surface area contributed by atoms with Crippen LogP contribution < -0.4 is 10.1 Å². The normalized spacial score (nSPS) is 10.2. The van der Waals surface area contributed by atoms with Gasteiger partial charge in [-0.2, -0.15) is 0 Å². The summed E-state index contributed by atoms with van der Waals surface area (Å²) in [5.74, 6) is -0.310. The summed E-state index contributed by atoms with van der Waals surface area (Å²) in [6.07, 6.45) is 0. The number of ether oxygens (including phenoxy) is 1. The third kappa shape index (κ3) is 5.04. The second kappa shape index (κ2) is 8.79. The number of carbonyl (C=O) groups excluding carboxylic acids is 2. The first kappa shape index (κ1) is 19.8. The molecule has 0 fully saturated rings. The average Bonchev–Trinajstić information content (AvgIpc) is 2.73. The number of carbonyl (C=O) groups is 2.